The van der Waals surface area contributed by atoms with E-state index in [4.69, 9.17) is 14.5 Å². The van der Waals surface area contributed by atoms with E-state index >= 15 is 0 Å². The topological polar surface area (TPSA) is 82.5 Å². The number of aromatic nitrogens is 2. The minimum Gasteiger partial charge on any atom is -0.486 e. The molecule has 5 rings (SSSR count). The van der Waals surface area contributed by atoms with Crippen LogP contribution in [0.25, 0.3) is 10.2 Å². The Bertz CT molecular complexity index is 1250. The zero-order valence-corrected chi connectivity index (χ0v) is 19.7. The van der Waals surface area contributed by atoms with E-state index in [0.717, 1.165) is 29.5 Å². The number of hydrogen-bond donors (Lipinski definition) is 1. The zero-order valence-electron chi connectivity index (χ0n) is 18.1. The van der Waals surface area contributed by atoms with Gasteiger partial charge in [0.05, 0.1) is 11.1 Å². The molecule has 2 aromatic heterocycles. The summed E-state index contributed by atoms with van der Waals surface area (Å²) in [6.07, 6.45) is 3.07. The van der Waals surface area contributed by atoms with Gasteiger partial charge in [-0.2, -0.15) is 0 Å². The van der Waals surface area contributed by atoms with Crippen molar-refractivity contribution in [3.63, 3.8) is 0 Å². The van der Waals surface area contributed by atoms with Crippen molar-refractivity contribution < 1.29 is 14.3 Å². The van der Waals surface area contributed by atoms with Crippen molar-refractivity contribution >= 4 is 44.9 Å². The summed E-state index contributed by atoms with van der Waals surface area (Å²) in [7, 11) is 0. The molecule has 0 saturated heterocycles. The van der Waals surface area contributed by atoms with Gasteiger partial charge >= 0.3 is 0 Å². The van der Waals surface area contributed by atoms with Crippen molar-refractivity contribution in [3.8, 4) is 11.5 Å². The Balaban J connectivity index is 1.35. The molecule has 0 saturated carbocycles. The Morgan fingerprint density at radius 1 is 1.31 bits per heavy atom. The van der Waals surface area contributed by atoms with E-state index in [9.17, 15) is 9.59 Å². The number of hydrogen-bond acceptors (Lipinski definition) is 7. The Kier molecular flexibility index (Phi) is 5.86. The van der Waals surface area contributed by atoms with Gasteiger partial charge in [0, 0.05) is 23.2 Å². The lowest BCUT2D eigenvalue weighted by atomic mass is 9.89. The molecule has 1 amide bonds. The number of amides is 1. The molecule has 2 aliphatic rings. The minimum atomic E-state index is -0.164. The van der Waals surface area contributed by atoms with E-state index < -0.39 is 0 Å². The first-order chi connectivity index (χ1) is 15.5. The standard InChI is InChI=1S/C23H25N3O4S2/c1-3-26-22(28)20-15-6-4-13(2)10-18(15)32-21(20)25-23(26)31-12-19(27)24-14-5-7-16-17(11-14)30-9-8-29-16/h5,7,11,13H,3-4,6,8-10,12H2,1-2H3,(H,24,27). The second-order valence-corrected chi connectivity index (χ2v) is 10.2. The molecule has 0 fully saturated rings. The largest absolute Gasteiger partial charge is 0.486 e. The first-order valence-corrected chi connectivity index (χ1v) is 12.7. The second-order valence-electron chi connectivity index (χ2n) is 8.17. The normalized spacial score (nSPS) is 17.2. The van der Waals surface area contributed by atoms with Crippen LogP contribution in [0.5, 0.6) is 11.5 Å². The second kappa shape index (κ2) is 8.78. The van der Waals surface area contributed by atoms with E-state index in [1.807, 2.05) is 6.92 Å². The van der Waals surface area contributed by atoms with Crippen LogP contribution in [-0.4, -0.2) is 34.4 Å². The first kappa shape index (κ1) is 21.3. The lowest BCUT2D eigenvalue weighted by molar-refractivity contribution is -0.113. The third kappa shape index (κ3) is 3.99. The predicted octanol–water partition coefficient (Wildman–Crippen LogP) is 4.10. The highest BCUT2D eigenvalue weighted by atomic mass is 32.2. The number of aryl methyl sites for hydroxylation is 1. The Labute approximate surface area is 194 Å². The van der Waals surface area contributed by atoms with Gasteiger partial charge in [0.25, 0.3) is 5.56 Å². The summed E-state index contributed by atoms with van der Waals surface area (Å²) >= 11 is 2.93. The van der Waals surface area contributed by atoms with E-state index in [1.54, 1.807) is 34.1 Å². The highest BCUT2D eigenvalue weighted by molar-refractivity contribution is 7.99. The van der Waals surface area contributed by atoms with Crippen LogP contribution in [0, 0.1) is 5.92 Å². The van der Waals surface area contributed by atoms with Crippen molar-refractivity contribution in [2.24, 2.45) is 5.92 Å². The molecule has 1 unspecified atom stereocenters. The molecule has 1 aliphatic heterocycles. The molecular formula is C23H25N3O4S2. The quantitative estimate of drug-likeness (QED) is 0.446. The number of thiophene rings is 1. The fraction of sp³-hybridized carbons (Fsp3) is 0.435. The lowest BCUT2D eigenvalue weighted by Gasteiger charge is -2.19. The smallest absolute Gasteiger partial charge is 0.263 e. The van der Waals surface area contributed by atoms with Crippen molar-refractivity contribution in [1.29, 1.82) is 0 Å². The average Bonchev–Trinajstić information content (AvgIpc) is 3.15. The number of anilines is 1. The number of ether oxygens (including phenoxy) is 2. The first-order valence-electron chi connectivity index (χ1n) is 10.9. The maximum atomic E-state index is 13.3. The van der Waals surface area contributed by atoms with Crippen LogP contribution in [0.4, 0.5) is 5.69 Å². The van der Waals surface area contributed by atoms with Crippen LogP contribution >= 0.6 is 23.1 Å². The number of carbonyl (C=O) groups excluding carboxylic acids is 1. The molecule has 0 radical (unpaired) electrons. The molecule has 1 N–H and O–H groups in total. The predicted molar refractivity (Wildman–Crippen MR) is 128 cm³/mol. The van der Waals surface area contributed by atoms with Gasteiger partial charge in [-0.05, 0) is 49.8 Å². The molecule has 1 aromatic carbocycles. The van der Waals surface area contributed by atoms with Crippen molar-refractivity contribution in [2.45, 2.75) is 44.8 Å². The molecule has 0 spiro atoms. The molecule has 9 heteroatoms. The summed E-state index contributed by atoms with van der Waals surface area (Å²) in [5, 5.41) is 4.26. The maximum absolute atomic E-state index is 13.3. The molecule has 7 nitrogen and oxygen atoms in total. The fourth-order valence-corrected chi connectivity index (χ4v) is 6.53. The van der Waals surface area contributed by atoms with Gasteiger partial charge in [0.15, 0.2) is 16.7 Å². The van der Waals surface area contributed by atoms with E-state index in [2.05, 4.69) is 12.2 Å². The van der Waals surface area contributed by atoms with Gasteiger partial charge < -0.3 is 14.8 Å². The molecule has 0 bridgehead atoms. The van der Waals surface area contributed by atoms with Gasteiger partial charge in [-0.25, -0.2) is 4.98 Å². The van der Waals surface area contributed by atoms with E-state index in [-0.39, 0.29) is 17.2 Å². The number of carbonyl (C=O) groups is 1. The number of nitrogens with zero attached hydrogens (tertiary/aromatic N) is 2. The lowest BCUT2D eigenvalue weighted by Crippen LogP contribution is -2.24. The van der Waals surface area contributed by atoms with Crippen LogP contribution in [0.1, 0.15) is 30.7 Å². The van der Waals surface area contributed by atoms with Gasteiger partial charge in [-0.15, -0.1) is 11.3 Å². The van der Waals surface area contributed by atoms with Gasteiger partial charge in [0.1, 0.15) is 18.0 Å². The third-order valence-electron chi connectivity index (χ3n) is 5.85. The van der Waals surface area contributed by atoms with E-state index in [0.29, 0.717) is 48.0 Å². The van der Waals surface area contributed by atoms with Crippen LogP contribution in [0.2, 0.25) is 0 Å². The summed E-state index contributed by atoms with van der Waals surface area (Å²) < 4.78 is 12.8. The van der Waals surface area contributed by atoms with Crippen molar-refractivity contribution in [3.05, 3.63) is 39.0 Å². The zero-order chi connectivity index (χ0) is 22.2. The summed E-state index contributed by atoms with van der Waals surface area (Å²) in [5.74, 6) is 1.95. The van der Waals surface area contributed by atoms with Crippen LogP contribution in [0.3, 0.4) is 0 Å². The third-order valence-corrected chi connectivity index (χ3v) is 7.98. The van der Waals surface area contributed by atoms with Crippen molar-refractivity contribution in [1.82, 2.24) is 9.55 Å². The van der Waals surface area contributed by atoms with Gasteiger partial charge in [-0.1, -0.05) is 18.7 Å². The number of benzene rings is 1. The number of nitrogens with one attached hydrogen (secondary N) is 1. The molecule has 168 valence electrons. The average molecular weight is 472 g/mol. The van der Waals surface area contributed by atoms with Gasteiger partial charge in [0.2, 0.25) is 5.91 Å². The molecule has 1 aliphatic carbocycles. The molecule has 3 heterocycles. The van der Waals surface area contributed by atoms with Crippen LogP contribution in [-0.2, 0) is 24.2 Å². The summed E-state index contributed by atoms with van der Waals surface area (Å²) in [6.45, 7) is 5.74. The Morgan fingerprint density at radius 3 is 2.94 bits per heavy atom. The molecule has 32 heavy (non-hydrogen) atoms. The maximum Gasteiger partial charge on any atom is 0.263 e. The van der Waals surface area contributed by atoms with Crippen LogP contribution < -0.4 is 20.3 Å². The fourth-order valence-electron chi connectivity index (χ4n) is 4.24. The Hall–Kier alpha value is -2.52. The van der Waals surface area contributed by atoms with Crippen molar-refractivity contribution in [2.75, 3.05) is 24.3 Å². The van der Waals surface area contributed by atoms with E-state index in [1.165, 1.54) is 22.2 Å². The molecule has 1 atom stereocenters. The summed E-state index contributed by atoms with van der Waals surface area (Å²) in [4.78, 5) is 32.7. The summed E-state index contributed by atoms with van der Waals surface area (Å²) in [5.41, 5.74) is 1.85. The van der Waals surface area contributed by atoms with Crippen LogP contribution in [0.15, 0.2) is 28.2 Å². The monoisotopic (exact) mass is 471 g/mol. The Morgan fingerprint density at radius 2 is 2.12 bits per heavy atom. The number of fused-ring (bicyclic) bond motifs is 4. The SMILES string of the molecule is CCn1c(SCC(=O)Nc2ccc3c(c2)OCCO3)nc2sc3c(c2c1=O)CCC(C)C3. The van der Waals surface area contributed by atoms with Gasteiger partial charge in [-0.3, -0.25) is 14.2 Å². The molecule has 3 aromatic rings. The number of rotatable bonds is 5. The highest BCUT2D eigenvalue weighted by Gasteiger charge is 2.24. The highest BCUT2D eigenvalue weighted by Crippen LogP contribution is 2.37. The minimum absolute atomic E-state index is 0.0132. The number of thioether (sulfide) groups is 1. The molecular weight excluding hydrogens is 446 g/mol. The summed E-state index contributed by atoms with van der Waals surface area (Å²) in [6, 6.07) is 5.35.